The second-order valence-corrected chi connectivity index (χ2v) is 6.68. The maximum atomic E-state index is 5.49. The fourth-order valence-corrected chi connectivity index (χ4v) is 3.60. The van der Waals surface area contributed by atoms with Crippen LogP contribution in [0.1, 0.15) is 18.5 Å². The van der Waals surface area contributed by atoms with Crippen LogP contribution in [0.3, 0.4) is 0 Å². The highest BCUT2D eigenvalue weighted by molar-refractivity contribution is 9.10. The standard InChI is InChI=1S/C16H24BrN3O/c1-13(19-6-4-18-5-7-19)15-12-14(17)2-3-16(15)20-8-10-21-11-9-20/h2-3,12-13,18H,4-11H2,1H3. The number of halogens is 1. The van der Waals surface area contributed by atoms with Crippen molar-refractivity contribution in [2.24, 2.45) is 0 Å². The summed E-state index contributed by atoms with van der Waals surface area (Å²) in [5, 5.41) is 3.43. The van der Waals surface area contributed by atoms with Crippen molar-refractivity contribution in [3.63, 3.8) is 0 Å². The minimum Gasteiger partial charge on any atom is -0.378 e. The molecule has 1 aromatic carbocycles. The molecule has 5 heteroatoms. The molecule has 21 heavy (non-hydrogen) atoms. The molecule has 0 aromatic heterocycles. The summed E-state index contributed by atoms with van der Waals surface area (Å²) < 4.78 is 6.66. The smallest absolute Gasteiger partial charge is 0.0642 e. The molecular formula is C16H24BrN3O. The van der Waals surface area contributed by atoms with Crippen LogP contribution in [-0.2, 0) is 4.74 Å². The molecule has 2 fully saturated rings. The van der Waals surface area contributed by atoms with Crippen LogP contribution in [0.2, 0.25) is 0 Å². The molecule has 1 aromatic rings. The van der Waals surface area contributed by atoms with E-state index in [0.29, 0.717) is 6.04 Å². The van der Waals surface area contributed by atoms with Gasteiger partial charge in [0.25, 0.3) is 0 Å². The summed E-state index contributed by atoms with van der Waals surface area (Å²) in [5.41, 5.74) is 2.79. The Morgan fingerprint density at radius 2 is 1.86 bits per heavy atom. The summed E-state index contributed by atoms with van der Waals surface area (Å²) >= 11 is 3.64. The van der Waals surface area contributed by atoms with Gasteiger partial charge in [-0.2, -0.15) is 0 Å². The number of hydrogen-bond donors (Lipinski definition) is 1. The van der Waals surface area contributed by atoms with Gasteiger partial charge in [-0.3, -0.25) is 4.90 Å². The summed E-state index contributed by atoms with van der Waals surface area (Å²) in [4.78, 5) is 5.03. The molecule has 0 bridgehead atoms. The number of hydrogen-bond acceptors (Lipinski definition) is 4. The van der Waals surface area contributed by atoms with Crippen LogP contribution < -0.4 is 10.2 Å². The normalized spacial score (nSPS) is 22.3. The second kappa shape index (κ2) is 7.09. The Hall–Kier alpha value is -0.620. The van der Waals surface area contributed by atoms with E-state index in [-0.39, 0.29) is 0 Å². The number of benzene rings is 1. The zero-order valence-corrected chi connectivity index (χ0v) is 14.2. The number of nitrogens with one attached hydrogen (secondary N) is 1. The average molecular weight is 354 g/mol. The lowest BCUT2D eigenvalue weighted by Crippen LogP contribution is -2.45. The molecule has 1 N–H and O–H groups in total. The van der Waals surface area contributed by atoms with E-state index in [1.807, 2.05) is 0 Å². The number of rotatable bonds is 3. The Bertz CT molecular complexity index is 471. The fourth-order valence-electron chi connectivity index (χ4n) is 3.22. The van der Waals surface area contributed by atoms with Crippen molar-refractivity contribution in [3.8, 4) is 0 Å². The maximum absolute atomic E-state index is 5.49. The first-order valence-corrected chi connectivity index (χ1v) is 8.62. The minimum atomic E-state index is 0.447. The van der Waals surface area contributed by atoms with Crippen molar-refractivity contribution in [1.82, 2.24) is 10.2 Å². The van der Waals surface area contributed by atoms with Crippen LogP contribution in [0.5, 0.6) is 0 Å². The van der Waals surface area contributed by atoms with Gasteiger partial charge in [0.15, 0.2) is 0 Å². The van der Waals surface area contributed by atoms with Gasteiger partial charge in [-0.15, -0.1) is 0 Å². The van der Waals surface area contributed by atoms with Crippen molar-refractivity contribution in [3.05, 3.63) is 28.2 Å². The van der Waals surface area contributed by atoms with E-state index < -0.39 is 0 Å². The molecule has 2 heterocycles. The Kier molecular flexibility index (Phi) is 5.16. The molecule has 0 aliphatic carbocycles. The number of morpholine rings is 1. The van der Waals surface area contributed by atoms with Gasteiger partial charge in [0.2, 0.25) is 0 Å². The van der Waals surface area contributed by atoms with Gasteiger partial charge in [0.05, 0.1) is 13.2 Å². The molecule has 1 atom stereocenters. The molecular weight excluding hydrogens is 330 g/mol. The molecule has 116 valence electrons. The molecule has 0 saturated carbocycles. The van der Waals surface area contributed by atoms with Gasteiger partial charge in [-0.25, -0.2) is 0 Å². The maximum Gasteiger partial charge on any atom is 0.0642 e. The molecule has 4 nitrogen and oxygen atoms in total. The molecule has 0 spiro atoms. The van der Waals surface area contributed by atoms with Crippen molar-refractivity contribution in [1.29, 1.82) is 0 Å². The highest BCUT2D eigenvalue weighted by Crippen LogP contribution is 2.33. The van der Waals surface area contributed by atoms with Gasteiger partial charge in [-0.05, 0) is 30.7 Å². The minimum absolute atomic E-state index is 0.447. The highest BCUT2D eigenvalue weighted by atomic mass is 79.9. The van der Waals surface area contributed by atoms with Gasteiger partial charge in [0.1, 0.15) is 0 Å². The van der Waals surface area contributed by atoms with Crippen LogP contribution in [-0.4, -0.2) is 57.4 Å². The highest BCUT2D eigenvalue weighted by Gasteiger charge is 2.23. The first-order chi connectivity index (χ1) is 10.3. The Balaban J connectivity index is 1.86. The Morgan fingerprint density at radius 1 is 1.14 bits per heavy atom. The second-order valence-electron chi connectivity index (χ2n) is 5.76. The zero-order valence-electron chi connectivity index (χ0n) is 12.6. The van der Waals surface area contributed by atoms with Gasteiger partial charge in [-0.1, -0.05) is 15.9 Å². The average Bonchev–Trinajstić information content (AvgIpc) is 2.56. The largest absolute Gasteiger partial charge is 0.378 e. The van der Waals surface area contributed by atoms with Crippen LogP contribution >= 0.6 is 15.9 Å². The third kappa shape index (κ3) is 3.59. The van der Waals surface area contributed by atoms with E-state index in [4.69, 9.17) is 4.74 Å². The third-order valence-electron chi connectivity index (χ3n) is 4.49. The predicted molar refractivity (Wildman–Crippen MR) is 90.0 cm³/mol. The number of piperazine rings is 1. The summed E-state index contributed by atoms with van der Waals surface area (Å²) in [7, 11) is 0. The molecule has 0 amide bonds. The predicted octanol–water partition coefficient (Wildman–Crippen LogP) is 2.25. The van der Waals surface area contributed by atoms with E-state index in [0.717, 1.165) is 57.0 Å². The van der Waals surface area contributed by atoms with Crippen molar-refractivity contribution in [2.45, 2.75) is 13.0 Å². The van der Waals surface area contributed by atoms with E-state index in [1.165, 1.54) is 11.3 Å². The summed E-state index contributed by atoms with van der Waals surface area (Å²) in [6, 6.07) is 7.14. The lowest BCUT2D eigenvalue weighted by atomic mass is 10.0. The summed E-state index contributed by atoms with van der Waals surface area (Å²) in [5.74, 6) is 0. The molecule has 1 unspecified atom stereocenters. The first kappa shape index (κ1) is 15.3. The lowest BCUT2D eigenvalue weighted by Gasteiger charge is -2.37. The van der Waals surface area contributed by atoms with Crippen molar-refractivity contribution < 1.29 is 4.74 Å². The Morgan fingerprint density at radius 3 is 2.57 bits per heavy atom. The molecule has 2 aliphatic rings. The van der Waals surface area contributed by atoms with E-state index in [9.17, 15) is 0 Å². The molecule has 2 saturated heterocycles. The van der Waals surface area contributed by atoms with Crippen LogP contribution in [0, 0.1) is 0 Å². The van der Waals surface area contributed by atoms with Crippen LogP contribution in [0.25, 0.3) is 0 Å². The number of nitrogens with zero attached hydrogens (tertiary/aromatic N) is 2. The zero-order chi connectivity index (χ0) is 14.7. The van der Waals surface area contributed by atoms with Gasteiger partial charge >= 0.3 is 0 Å². The lowest BCUT2D eigenvalue weighted by molar-refractivity contribution is 0.122. The van der Waals surface area contributed by atoms with Gasteiger partial charge < -0.3 is 15.0 Å². The van der Waals surface area contributed by atoms with Crippen molar-refractivity contribution >= 4 is 21.6 Å². The van der Waals surface area contributed by atoms with Crippen molar-refractivity contribution in [2.75, 3.05) is 57.4 Å². The number of ether oxygens (including phenoxy) is 1. The molecule has 2 aliphatic heterocycles. The monoisotopic (exact) mass is 353 g/mol. The SMILES string of the molecule is CC(c1cc(Br)ccc1N1CCOCC1)N1CCNCC1. The number of anilines is 1. The molecule has 3 rings (SSSR count). The van der Waals surface area contributed by atoms with Crippen LogP contribution in [0.15, 0.2) is 22.7 Å². The van der Waals surface area contributed by atoms with Gasteiger partial charge in [0, 0.05) is 55.5 Å². The third-order valence-corrected chi connectivity index (χ3v) is 4.98. The molecule has 0 radical (unpaired) electrons. The quantitative estimate of drug-likeness (QED) is 0.901. The fraction of sp³-hybridized carbons (Fsp3) is 0.625. The van der Waals surface area contributed by atoms with E-state index in [1.54, 1.807) is 0 Å². The Labute approximate surface area is 135 Å². The van der Waals surface area contributed by atoms with E-state index >= 15 is 0 Å². The summed E-state index contributed by atoms with van der Waals surface area (Å²) in [6.07, 6.45) is 0. The van der Waals surface area contributed by atoms with Crippen LogP contribution in [0.4, 0.5) is 5.69 Å². The van der Waals surface area contributed by atoms with E-state index in [2.05, 4.69) is 56.2 Å². The first-order valence-electron chi connectivity index (χ1n) is 7.82. The summed E-state index contributed by atoms with van der Waals surface area (Å²) in [6.45, 7) is 10.4. The topological polar surface area (TPSA) is 27.7 Å².